The average molecular weight is 915 g/mol. The van der Waals surface area contributed by atoms with Gasteiger partial charge in [-0.1, -0.05) is 84.9 Å². The van der Waals surface area contributed by atoms with Crippen molar-refractivity contribution in [2.45, 2.75) is 51.1 Å². The normalized spacial score (nSPS) is 11.9. The van der Waals surface area contributed by atoms with Crippen molar-refractivity contribution in [1.82, 2.24) is 0 Å². The fraction of sp³-hybridized carbons (Fsp3) is 0.292. The first-order valence-electron chi connectivity index (χ1n) is 20.0. The molecule has 0 spiro atoms. The number of allylic oxidation sites excluding steroid dienone is 2. The molecule has 0 aliphatic carbocycles. The van der Waals surface area contributed by atoms with Gasteiger partial charge in [0.25, 0.3) is 0 Å². The minimum Gasteiger partial charge on any atom is -0.493 e. The van der Waals surface area contributed by atoms with Gasteiger partial charge in [0, 0.05) is 6.42 Å². The molecule has 64 heavy (non-hydrogen) atoms. The Balaban J connectivity index is 1.30. The van der Waals surface area contributed by atoms with E-state index in [4.69, 9.17) is 37.9 Å². The molecule has 0 saturated carbocycles. The van der Waals surface area contributed by atoms with Crippen LogP contribution in [0.5, 0.6) is 23.0 Å². The fourth-order valence-electron chi connectivity index (χ4n) is 5.58. The van der Waals surface area contributed by atoms with Gasteiger partial charge in [0.2, 0.25) is 12.2 Å². The Morgan fingerprint density at radius 2 is 0.984 bits per heavy atom. The third-order valence-electron chi connectivity index (χ3n) is 8.87. The predicted octanol–water partition coefficient (Wildman–Crippen LogP) is 9.11. The van der Waals surface area contributed by atoms with Crippen LogP contribution in [-0.2, 0) is 51.3 Å². The van der Waals surface area contributed by atoms with Gasteiger partial charge < -0.3 is 37.9 Å². The van der Waals surface area contributed by atoms with Crippen LogP contribution in [0.1, 0.15) is 47.9 Å². The van der Waals surface area contributed by atoms with Crippen LogP contribution in [0.3, 0.4) is 0 Å². The van der Waals surface area contributed by atoms with E-state index < -0.39 is 54.4 Å². The second-order valence-electron chi connectivity index (χ2n) is 13.6. The zero-order valence-electron chi connectivity index (χ0n) is 35.9. The number of benzene rings is 4. The number of esters is 2. The zero-order valence-corrected chi connectivity index (χ0v) is 37.5. The topological polar surface area (TPSA) is 176 Å². The largest absolute Gasteiger partial charge is 0.509 e. The van der Waals surface area contributed by atoms with Crippen LogP contribution in [0.4, 0.5) is 9.59 Å². The number of rotatable bonds is 25. The monoisotopic (exact) mass is 914 g/mol. The predicted molar refractivity (Wildman–Crippen MR) is 244 cm³/mol. The number of carbonyl (C=O) groups is 6. The van der Waals surface area contributed by atoms with Crippen LogP contribution in [0.15, 0.2) is 109 Å². The molecule has 0 heterocycles. The Hall–Kier alpha value is -6.52. The van der Waals surface area contributed by atoms with Gasteiger partial charge in [0.15, 0.2) is 34.6 Å². The lowest BCUT2D eigenvalue weighted by Gasteiger charge is -2.17. The number of methoxy groups -OCH3 is 2. The molecule has 0 bridgehead atoms. The van der Waals surface area contributed by atoms with Crippen molar-refractivity contribution < 1.29 is 66.7 Å². The van der Waals surface area contributed by atoms with E-state index >= 15 is 0 Å². The standard InChI is InChI=1S/C48H50O14S2/c1-55-43-28-33(19-23-39(43)59-45(51)41(16-11-26-63-3)61-47(53)57-31-35-12-7-5-8-13-35)17-21-37(49)30-38(50)22-18-34-20-24-40(44(29-34)56-2)60-46(52)42(25-27-64-4)62-48(54)58-32-36-14-9-6-10-15-36/h5-10,12-15,17-24,28-29,41-42H,11,16,25-27,30-32H2,1-4H3/b21-17+,22-18+/t41-,42-/m0/s1. The molecular formula is C48H50O14S2. The zero-order chi connectivity index (χ0) is 46.1. The first-order valence-corrected chi connectivity index (χ1v) is 22.7. The average Bonchev–Trinajstić information content (AvgIpc) is 3.31. The molecule has 0 aliphatic rings. The fourth-order valence-corrected chi connectivity index (χ4v) is 6.49. The van der Waals surface area contributed by atoms with Crippen molar-refractivity contribution in [3.05, 3.63) is 131 Å². The molecule has 0 saturated heterocycles. The molecule has 0 radical (unpaired) electrons. The van der Waals surface area contributed by atoms with Crippen molar-refractivity contribution >= 4 is 71.5 Å². The van der Waals surface area contributed by atoms with E-state index in [0.717, 1.165) is 16.9 Å². The summed E-state index contributed by atoms with van der Waals surface area (Å²) in [7, 11) is 2.76. The summed E-state index contributed by atoms with van der Waals surface area (Å²) in [4.78, 5) is 76.6. The van der Waals surface area contributed by atoms with Gasteiger partial charge in [0.1, 0.15) is 13.2 Å². The van der Waals surface area contributed by atoms with E-state index in [9.17, 15) is 28.8 Å². The van der Waals surface area contributed by atoms with Crippen molar-refractivity contribution in [3.63, 3.8) is 0 Å². The van der Waals surface area contributed by atoms with Crippen LogP contribution in [0.2, 0.25) is 0 Å². The number of ketones is 2. The van der Waals surface area contributed by atoms with Crippen molar-refractivity contribution in [2.24, 2.45) is 0 Å². The molecule has 4 rings (SSSR count). The van der Waals surface area contributed by atoms with E-state index in [-0.39, 0.29) is 49.1 Å². The van der Waals surface area contributed by atoms with E-state index in [0.29, 0.717) is 23.3 Å². The van der Waals surface area contributed by atoms with Gasteiger partial charge in [0.05, 0.1) is 20.6 Å². The summed E-state index contributed by atoms with van der Waals surface area (Å²) < 4.78 is 43.0. The number of carbonyl (C=O) groups excluding carboxylic acids is 6. The smallest absolute Gasteiger partial charge is 0.493 e. The summed E-state index contributed by atoms with van der Waals surface area (Å²) in [5.41, 5.74) is 2.55. The second kappa shape index (κ2) is 27.5. The lowest BCUT2D eigenvalue weighted by molar-refractivity contribution is -0.146. The summed E-state index contributed by atoms with van der Waals surface area (Å²) in [6.45, 7) is -0.0475. The molecule has 16 heteroatoms. The Bertz CT molecular complexity index is 2230. The first-order chi connectivity index (χ1) is 31.0. The third kappa shape index (κ3) is 17.7. The Morgan fingerprint density at radius 1 is 0.547 bits per heavy atom. The second-order valence-corrected chi connectivity index (χ2v) is 15.6. The SMILES string of the molecule is COc1cc(/C=C/C(=O)CC(=O)/C=C/c2ccc(OC(=O)[C@H](CCSC)OC(=O)OCc3ccccc3)c(OC)c2)ccc1OC(=O)[C@H](CCCSC)OC(=O)OCc1ccccc1. The maximum Gasteiger partial charge on any atom is 0.509 e. The van der Waals surface area contributed by atoms with E-state index in [2.05, 4.69) is 0 Å². The maximum atomic E-state index is 13.2. The molecule has 0 amide bonds. The van der Waals surface area contributed by atoms with Gasteiger partial charge >= 0.3 is 24.2 Å². The number of hydrogen-bond acceptors (Lipinski definition) is 16. The lowest BCUT2D eigenvalue weighted by Crippen LogP contribution is -2.32. The summed E-state index contributed by atoms with van der Waals surface area (Å²) in [5, 5.41) is 0. The number of thioether (sulfide) groups is 2. The molecular weight excluding hydrogens is 865 g/mol. The summed E-state index contributed by atoms with van der Waals surface area (Å²) in [6, 6.07) is 27.3. The van der Waals surface area contributed by atoms with Gasteiger partial charge in [-0.25, -0.2) is 19.2 Å². The lowest BCUT2D eigenvalue weighted by atomic mass is 10.1. The highest BCUT2D eigenvalue weighted by molar-refractivity contribution is 7.98. The van der Waals surface area contributed by atoms with Crippen molar-refractivity contribution in [1.29, 1.82) is 0 Å². The van der Waals surface area contributed by atoms with E-state index in [1.165, 1.54) is 68.5 Å². The molecule has 0 fully saturated rings. The minimum absolute atomic E-state index is 0.0226. The Morgan fingerprint density at radius 3 is 1.41 bits per heavy atom. The van der Waals surface area contributed by atoms with Crippen molar-refractivity contribution in [3.8, 4) is 23.0 Å². The molecule has 4 aromatic rings. The Kier molecular flexibility index (Phi) is 21.6. The molecule has 4 aromatic carbocycles. The highest BCUT2D eigenvalue weighted by Crippen LogP contribution is 2.31. The third-order valence-corrected chi connectivity index (χ3v) is 10.2. The van der Waals surface area contributed by atoms with Crippen LogP contribution in [-0.4, -0.2) is 86.3 Å². The number of ether oxygens (including phenoxy) is 8. The van der Waals surface area contributed by atoms with Crippen LogP contribution in [0, 0.1) is 0 Å². The van der Waals surface area contributed by atoms with Crippen LogP contribution < -0.4 is 18.9 Å². The quantitative estimate of drug-likeness (QED) is 0.0202. The van der Waals surface area contributed by atoms with E-state index in [1.807, 2.05) is 48.9 Å². The highest BCUT2D eigenvalue weighted by atomic mass is 32.2. The van der Waals surface area contributed by atoms with Crippen molar-refractivity contribution in [2.75, 3.05) is 38.2 Å². The molecule has 338 valence electrons. The molecule has 14 nitrogen and oxygen atoms in total. The van der Waals surface area contributed by atoms with Crippen LogP contribution in [0.25, 0.3) is 12.2 Å². The van der Waals surface area contributed by atoms with Gasteiger partial charge in [-0.15, -0.1) is 0 Å². The van der Waals surface area contributed by atoms with Gasteiger partial charge in [-0.05, 0) is 95.5 Å². The minimum atomic E-state index is -1.24. The molecule has 0 N–H and O–H groups in total. The molecule has 2 atom stereocenters. The Labute approximate surface area is 380 Å². The van der Waals surface area contributed by atoms with E-state index in [1.54, 1.807) is 54.2 Å². The highest BCUT2D eigenvalue weighted by Gasteiger charge is 2.28. The number of hydrogen-bond donors (Lipinski definition) is 0. The molecule has 0 unspecified atom stereocenters. The summed E-state index contributed by atoms with van der Waals surface area (Å²) >= 11 is 3.05. The molecule has 0 aliphatic heterocycles. The maximum absolute atomic E-state index is 13.2. The summed E-state index contributed by atoms with van der Waals surface area (Å²) in [5.74, 6) is -0.866. The molecule has 0 aromatic heterocycles. The van der Waals surface area contributed by atoms with Gasteiger partial charge in [-0.3, -0.25) is 9.59 Å². The van der Waals surface area contributed by atoms with Crippen LogP contribution >= 0.6 is 23.5 Å². The summed E-state index contributed by atoms with van der Waals surface area (Å²) in [6.07, 6.45) is 5.30. The first kappa shape index (κ1) is 50.1. The van der Waals surface area contributed by atoms with Gasteiger partial charge in [-0.2, -0.15) is 23.5 Å².